The predicted molar refractivity (Wildman–Crippen MR) is 120 cm³/mol. The van der Waals surface area contributed by atoms with Gasteiger partial charge in [-0.1, -0.05) is 35.9 Å². The molecule has 0 aromatic heterocycles. The van der Waals surface area contributed by atoms with Crippen LogP contribution in [-0.4, -0.2) is 44.4 Å². The molecule has 7 heteroatoms. The number of carbonyl (C=O) groups excluding carboxylic acids is 3. The highest BCUT2D eigenvalue weighted by Crippen LogP contribution is 2.38. The average molecular weight is 437 g/mol. The smallest absolute Gasteiger partial charge is 0.231 e. The van der Waals surface area contributed by atoms with Gasteiger partial charge in [0.1, 0.15) is 0 Å². The van der Waals surface area contributed by atoms with Gasteiger partial charge in [0, 0.05) is 49.7 Å². The molecule has 2 aliphatic rings. The number of amides is 2. The zero-order valence-electron chi connectivity index (χ0n) is 18.5. The first-order valence-electron chi connectivity index (χ1n) is 10.9. The van der Waals surface area contributed by atoms with Crippen molar-refractivity contribution in [2.75, 3.05) is 31.7 Å². The summed E-state index contributed by atoms with van der Waals surface area (Å²) in [7, 11) is 1.77. The first kappa shape index (κ1) is 22.2. The summed E-state index contributed by atoms with van der Waals surface area (Å²) in [4.78, 5) is 38.2. The fourth-order valence-electron chi connectivity index (χ4n) is 4.18. The van der Waals surface area contributed by atoms with Crippen molar-refractivity contribution in [3.63, 3.8) is 0 Å². The second-order valence-corrected chi connectivity index (χ2v) is 8.31. The van der Waals surface area contributed by atoms with E-state index in [4.69, 9.17) is 9.47 Å². The molecule has 168 valence electrons. The molecule has 0 atom stereocenters. The molecule has 0 bridgehead atoms. The molecule has 2 amide bonds. The number of hydrogen-bond acceptors (Lipinski definition) is 5. The standard InChI is InChI=1S/C25H28N2O5/c1-17-3-5-18(6-4-17)22(28)9-10-23(29)26-12-11-25(31-13-14-32-25)20-7-8-21-19(15-20)16-24(30)27(21)2/h3-8,15H,9-14,16H2,1-2H3,(H,26,29). The van der Waals surface area contributed by atoms with E-state index >= 15 is 0 Å². The van der Waals surface area contributed by atoms with Gasteiger partial charge in [0.2, 0.25) is 11.8 Å². The highest BCUT2D eigenvalue weighted by atomic mass is 16.7. The van der Waals surface area contributed by atoms with Gasteiger partial charge >= 0.3 is 0 Å². The highest BCUT2D eigenvalue weighted by molar-refractivity contribution is 6.01. The van der Waals surface area contributed by atoms with Gasteiger partial charge in [0.15, 0.2) is 11.6 Å². The van der Waals surface area contributed by atoms with Crippen LogP contribution in [0.2, 0.25) is 0 Å². The van der Waals surface area contributed by atoms with Gasteiger partial charge in [-0.15, -0.1) is 0 Å². The molecule has 2 heterocycles. The summed E-state index contributed by atoms with van der Waals surface area (Å²) in [6.45, 7) is 3.25. The van der Waals surface area contributed by atoms with Crippen LogP contribution in [0.1, 0.15) is 46.3 Å². The molecule has 0 unspecified atom stereocenters. The Morgan fingerprint density at radius 1 is 1.06 bits per heavy atom. The fraction of sp³-hybridized carbons (Fsp3) is 0.400. The largest absolute Gasteiger partial charge is 0.356 e. The minimum absolute atomic E-state index is 0.0447. The van der Waals surface area contributed by atoms with Crippen LogP contribution in [0.5, 0.6) is 0 Å². The van der Waals surface area contributed by atoms with E-state index in [-0.39, 0.29) is 30.4 Å². The molecule has 2 aromatic carbocycles. The van der Waals surface area contributed by atoms with Gasteiger partial charge in [-0.2, -0.15) is 0 Å². The Bertz CT molecular complexity index is 1030. The topological polar surface area (TPSA) is 84.9 Å². The van der Waals surface area contributed by atoms with Crippen molar-refractivity contribution in [3.05, 3.63) is 64.7 Å². The lowest BCUT2D eigenvalue weighted by Gasteiger charge is -2.28. The van der Waals surface area contributed by atoms with Crippen LogP contribution in [0.25, 0.3) is 0 Å². The van der Waals surface area contributed by atoms with Crippen molar-refractivity contribution >= 4 is 23.3 Å². The maximum Gasteiger partial charge on any atom is 0.231 e. The van der Waals surface area contributed by atoms with Crippen LogP contribution >= 0.6 is 0 Å². The first-order valence-corrected chi connectivity index (χ1v) is 10.9. The molecule has 1 fully saturated rings. The number of benzene rings is 2. The summed E-state index contributed by atoms with van der Waals surface area (Å²) in [6.07, 6.45) is 1.10. The number of nitrogens with one attached hydrogen (secondary N) is 1. The third-order valence-electron chi connectivity index (χ3n) is 6.08. The summed E-state index contributed by atoms with van der Waals surface area (Å²) in [5.74, 6) is -1.10. The van der Waals surface area contributed by atoms with E-state index in [1.807, 2.05) is 37.3 Å². The predicted octanol–water partition coefficient (Wildman–Crippen LogP) is 2.88. The zero-order valence-corrected chi connectivity index (χ0v) is 18.5. The number of rotatable bonds is 8. The highest BCUT2D eigenvalue weighted by Gasteiger charge is 2.39. The molecule has 32 heavy (non-hydrogen) atoms. The van der Waals surface area contributed by atoms with Gasteiger partial charge < -0.3 is 19.7 Å². The summed E-state index contributed by atoms with van der Waals surface area (Å²) in [5.41, 5.74) is 4.41. The van der Waals surface area contributed by atoms with Crippen molar-refractivity contribution in [2.24, 2.45) is 0 Å². The van der Waals surface area contributed by atoms with Gasteiger partial charge in [-0.05, 0) is 24.6 Å². The molecule has 1 saturated heterocycles. The maximum atomic E-state index is 12.3. The lowest BCUT2D eigenvalue weighted by Crippen LogP contribution is -2.34. The van der Waals surface area contributed by atoms with E-state index in [0.29, 0.717) is 38.2 Å². The lowest BCUT2D eigenvalue weighted by atomic mass is 9.98. The zero-order chi connectivity index (χ0) is 22.7. The van der Waals surface area contributed by atoms with Crippen LogP contribution < -0.4 is 10.2 Å². The Hall–Kier alpha value is -3.03. The number of Topliss-reactive ketones (excluding diaryl/α,β-unsaturated/α-hetero) is 1. The van der Waals surface area contributed by atoms with Crippen LogP contribution in [0.4, 0.5) is 5.69 Å². The number of anilines is 1. The van der Waals surface area contributed by atoms with Crippen LogP contribution in [0, 0.1) is 6.92 Å². The Balaban J connectivity index is 1.32. The fourth-order valence-corrected chi connectivity index (χ4v) is 4.18. The normalized spacial score (nSPS) is 16.8. The molecule has 7 nitrogen and oxygen atoms in total. The van der Waals surface area contributed by atoms with Gasteiger partial charge in [-0.25, -0.2) is 0 Å². The summed E-state index contributed by atoms with van der Waals surface area (Å²) in [6, 6.07) is 13.2. The summed E-state index contributed by atoms with van der Waals surface area (Å²) < 4.78 is 11.9. The second-order valence-electron chi connectivity index (χ2n) is 8.31. The van der Waals surface area contributed by atoms with Crippen molar-refractivity contribution in [2.45, 2.75) is 38.4 Å². The number of hydrogen-bond donors (Lipinski definition) is 1. The minimum atomic E-state index is -0.940. The van der Waals surface area contributed by atoms with Crippen LogP contribution in [-0.2, 0) is 31.3 Å². The van der Waals surface area contributed by atoms with Crippen molar-refractivity contribution in [1.82, 2.24) is 5.32 Å². The lowest BCUT2D eigenvalue weighted by molar-refractivity contribution is -0.170. The molecular formula is C25H28N2O5. The molecular weight excluding hydrogens is 408 g/mol. The SMILES string of the molecule is Cc1ccc(C(=O)CCC(=O)NCCC2(c3ccc4c(c3)CC(=O)N4C)OCCO2)cc1. The van der Waals surface area contributed by atoms with Crippen molar-refractivity contribution in [3.8, 4) is 0 Å². The Morgan fingerprint density at radius 2 is 1.78 bits per heavy atom. The number of aryl methyl sites for hydroxylation is 1. The van der Waals surface area contributed by atoms with E-state index in [9.17, 15) is 14.4 Å². The molecule has 1 N–H and O–H groups in total. The molecule has 0 aliphatic carbocycles. The molecule has 2 aliphatic heterocycles. The van der Waals surface area contributed by atoms with Crippen molar-refractivity contribution < 1.29 is 23.9 Å². The molecule has 0 spiro atoms. The third-order valence-corrected chi connectivity index (χ3v) is 6.08. The minimum Gasteiger partial charge on any atom is -0.356 e. The van der Waals surface area contributed by atoms with E-state index in [1.165, 1.54) is 0 Å². The van der Waals surface area contributed by atoms with Gasteiger partial charge in [0.05, 0.1) is 19.6 Å². The quantitative estimate of drug-likeness (QED) is 0.644. The van der Waals surface area contributed by atoms with E-state index in [0.717, 1.165) is 22.4 Å². The van der Waals surface area contributed by atoms with E-state index < -0.39 is 5.79 Å². The van der Waals surface area contributed by atoms with E-state index in [2.05, 4.69) is 5.32 Å². The number of likely N-dealkylation sites (N-methyl/N-ethyl adjacent to an activating group) is 1. The third kappa shape index (κ3) is 4.59. The van der Waals surface area contributed by atoms with Crippen LogP contribution in [0.15, 0.2) is 42.5 Å². The maximum absolute atomic E-state index is 12.3. The number of ketones is 1. The van der Waals surface area contributed by atoms with Gasteiger partial charge in [0.25, 0.3) is 0 Å². The Morgan fingerprint density at radius 3 is 2.50 bits per heavy atom. The van der Waals surface area contributed by atoms with Crippen molar-refractivity contribution in [1.29, 1.82) is 0 Å². The monoisotopic (exact) mass is 436 g/mol. The van der Waals surface area contributed by atoms with Crippen LogP contribution in [0.3, 0.4) is 0 Å². The second kappa shape index (κ2) is 9.22. The Labute approximate surface area is 187 Å². The summed E-state index contributed by atoms with van der Waals surface area (Å²) in [5, 5.41) is 2.87. The number of ether oxygens (including phenoxy) is 2. The van der Waals surface area contributed by atoms with Gasteiger partial charge in [-0.3, -0.25) is 14.4 Å². The molecule has 0 saturated carbocycles. The number of fused-ring (bicyclic) bond motifs is 1. The molecule has 0 radical (unpaired) electrons. The molecule has 4 rings (SSSR count). The average Bonchev–Trinajstić information content (AvgIpc) is 3.37. The number of nitrogens with zero attached hydrogens (tertiary/aromatic N) is 1. The van der Waals surface area contributed by atoms with E-state index in [1.54, 1.807) is 24.1 Å². The first-order chi connectivity index (χ1) is 15.4. The number of carbonyl (C=O) groups is 3. The summed E-state index contributed by atoms with van der Waals surface area (Å²) >= 11 is 0. The molecule has 2 aromatic rings. The Kier molecular flexibility index (Phi) is 6.39.